The van der Waals surface area contributed by atoms with Crippen LogP contribution in [-0.4, -0.2) is 25.0 Å². The van der Waals surface area contributed by atoms with E-state index in [2.05, 4.69) is 31.0 Å². The van der Waals surface area contributed by atoms with E-state index in [1.807, 2.05) is 30.3 Å². The molecular weight excluding hydrogens is 352 g/mol. The van der Waals surface area contributed by atoms with E-state index in [1.54, 1.807) is 12.3 Å². The molecule has 1 aromatic carbocycles. The third-order valence-corrected chi connectivity index (χ3v) is 5.11. The second-order valence-corrected chi connectivity index (χ2v) is 6.92. The van der Waals surface area contributed by atoms with Crippen LogP contribution in [0.4, 0.5) is 0 Å². The number of hydrogen-bond acceptors (Lipinski definition) is 5. The first-order valence-electron chi connectivity index (χ1n) is 9.40. The zero-order valence-electron chi connectivity index (χ0n) is 15.2. The number of allylic oxidation sites excluding steroid dienone is 1. The fourth-order valence-corrected chi connectivity index (χ4v) is 3.69. The van der Waals surface area contributed by atoms with Crippen LogP contribution in [0.3, 0.4) is 0 Å². The fraction of sp³-hybridized carbons (Fsp3) is 0.238. The summed E-state index contributed by atoms with van der Waals surface area (Å²) in [6, 6.07) is 12.1. The van der Waals surface area contributed by atoms with Gasteiger partial charge in [0.15, 0.2) is 11.6 Å². The molecule has 7 nitrogen and oxygen atoms in total. The molecule has 1 aliphatic rings. The lowest BCUT2D eigenvalue weighted by Gasteiger charge is -2.05. The van der Waals surface area contributed by atoms with Gasteiger partial charge in [-0.05, 0) is 31.1 Å². The number of nitriles is 1. The average molecular weight is 370 g/mol. The average Bonchev–Trinajstić information content (AvgIpc) is 3.40. The van der Waals surface area contributed by atoms with Crippen molar-refractivity contribution in [1.82, 2.24) is 25.0 Å². The molecular formula is C21H18N6O. The third kappa shape index (κ3) is 2.79. The van der Waals surface area contributed by atoms with Crippen LogP contribution in [0.5, 0.6) is 0 Å². The number of H-pyrrole nitrogens is 1. The molecule has 0 amide bonds. The molecule has 28 heavy (non-hydrogen) atoms. The minimum absolute atomic E-state index is 0.472. The smallest absolute Gasteiger partial charge is 0.174 e. The van der Waals surface area contributed by atoms with E-state index in [0.717, 1.165) is 53.9 Å². The third-order valence-electron chi connectivity index (χ3n) is 5.11. The van der Waals surface area contributed by atoms with E-state index < -0.39 is 0 Å². The summed E-state index contributed by atoms with van der Waals surface area (Å²) in [7, 11) is 0. The van der Waals surface area contributed by atoms with Crippen molar-refractivity contribution in [2.24, 2.45) is 0 Å². The lowest BCUT2D eigenvalue weighted by molar-refractivity contribution is 0.627. The number of aromatic amines is 1. The summed E-state index contributed by atoms with van der Waals surface area (Å²) < 4.78 is 8.02. The van der Waals surface area contributed by atoms with E-state index >= 15 is 0 Å². The number of rotatable bonds is 3. The predicted molar refractivity (Wildman–Crippen MR) is 105 cm³/mol. The molecule has 0 bridgehead atoms. The fourth-order valence-electron chi connectivity index (χ4n) is 3.69. The first kappa shape index (κ1) is 16.5. The molecule has 4 aromatic rings. The molecule has 7 heteroatoms. The van der Waals surface area contributed by atoms with Crippen molar-refractivity contribution >= 4 is 22.6 Å². The Bertz CT molecular complexity index is 1190. The van der Waals surface area contributed by atoms with E-state index in [0.29, 0.717) is 17.2 Å². The lowest BCUT2D eigenvalue weighted by Crippen LogP contribution is -2.05. The topological polar surface area (TPSA) is 96.3 Å². The van der Waals surface area contributed by atoms with Gasteiger partial charge in [0.2, 0.25) is 0 Å². The van der Waals surface area contributed by atoms with Crippen LogP contribution >= 0.6 is 0 Å². The maximum Gasteiger partial charge on any atom is 0.174 e. The van der Waals surface area contributed by atoms with E-state index in [9.17, 15) is 5.26 Å². The van der Waals surface area contributed by atoms with E-state index in [4.69, 9.17) is 4.42 Å². The number of furan rings is 1. The maximum atomic E-state index is 9.79. The number of aryl methyl sites for hydroxylation is 1. The van der Waals surface area contributed by atoms with Gasteiger partial charge in [0.1, 0.15) is 23.2 Å². The van der Waals surface area contributed by atoms with Crippen molar-refractivity contribution in [2.75, 3.05) is 0 Å². The van der Waals surface area contributed by atoms with Gasteiger partial charge >= 0.3 is 0 Å². The molecule has 3 aromatic heterocycles. The Morgan fingerprint density at radius 1 is 1.21 bits per heavy atom. The highest BCUT2D eigenvalue weighted by atomic mass is 16.3. The zero-order valence-corrected chi connectivity index (χ0v) is 15.2. The van der Waals surface area contributed by atoms with Gasteiger partial charge in [-0.3, -0.25) is 5.10 Å². The van der Waals surface area contributed by atoms with Crippen molar-refractivity contribution in [2.45, 2.75) is 32.2 Å². The number of nitrogens with one attached hydrogen (secondary N) is 1. The molecule has 1 N–H and O–H groups in total. The van der Waals surface area contributed by atoms with Gasteiger partial charge < -0.3 is 8.98 Å². The van der Waals surface area contributed by atoms with Gasteiger partial charge in [0, 0.05) is 23.9 Å². The van der Waals surface area contributed by atoms with Gasteiger partial charge in [-0.2, -0.15) is 10.4 Å². The minimum atomic E-state index is 0.472. The summed E-state index contributed by atoms with van der Waals surface area (Å²) in [5.41, 5.74) is 2.80. The Kier molecular flexibility index (Phi) is 4.02. The molecule has 0 unspecified atom stereocenters. The highest BCUT2D eigenvalue weighted by molar-refractivity contribution is 5.91. The molecule has 138 valence electrons. The van der Waals surface area contributed by atoms with Gasteiger partial charge in [-0.1, -0.05) is 24.6 Å². The van der Waals surface area contributed by atoms with Crippen LogP contribution in [0.25, 0.3) is 34.1 Å². The minimum Gasteiger partial charge on any atom is -0.454 e. The number of hydrogen-bond donors (Lipinski definition) is 1. The number of nitrogens with zero attached hydrogens (tertiary/aromatic N) is 5. The summed E-state index contributed by atoms with van der Waals surface area (Å²) in [6.07, 6.45) is 7.76. The van der Waals surface area contributed by atoms with Crippen LogP contribution in [0.2, 0.25) is 0 Å². The van der Waals surface area contributed by atoms with Crippen molar-refractivity contribution in [3.8, 4) is 17.5 Å². The Labute approximate surface area is 161 Å². The van der Waals surface area contributed by atoms with Crippen LogP contribution < -0.4 is 0 Å². The van der Waals surface area contributed by atoms with Crippen molar-refractivity contribution in [1.29, 1.82) is 5.26 Å². The molecule has 0 saturated heterocycles. The highest BCUT2D eigenvalue weighted by Gasteiger charge is 2.19. The Morgan fingerprint density at radius 3 is 3.04 bits per heavy atom. The van der Waals surface area contributed by atoms with Crippen LogP contribution in [-0.2, 0) is 13.0 Å². The molecule has 0 radical (unpaired) electrons. The second kappa shape index (κ2) is 6.82. The summed E-state index contributed by atoms with van der Waals surface area (Å²) in [4.78, 5) is 0. The monoisotopic (exact) mass is 370 g/mol. The molecule has 1 aliphatic heterocycles. The van der Waals surface area contributed by atoms with Crippen molar-refractivity contribution in [3.63, 3.8) is 0 Å². The molecule has 0 spiro atoms. The van der Waals surface area contributed by atoms with E-state index in [-0.39, 0.29) is 0 Å². The quantitative estimate of drug-likeness (QED) is 0.545. The molecule has 0 aliphatic carbocycles. The van der Waals surface area contributed by atoms with Crippen LogP contribution in [0, 0.1) is 11.3 Å². The first-order valence-corrected chi connectivity index (χ1v) is 9.40. The number of benzene rings is 1. The number of para-hydroxylation sites is 1. The zero-order chi connectivity index (χ0) is 18.9. The van der Waals surface area contributed by atoms with E-state index in [1.165, 1.54) is 6.42 Å². The second-order valence-electron chi connectivity index (χ2n) is 6.92. The Balaban J connectivity index is 1.57. The molecule has 5 rings (SSSR count). The molecule has 0 atom stereocenters. The van der Waals surface area contributed by atoms with Crippen molar-refractivity contribution in [3.05, 3.63) is 53.7 Å². The normalized spacial score (nSPS) is 14.6. The van der Waals surface area contributed by atoms with Gasteiger partial charge in [-0.15, -0.1) is 10.2 Å². The largest absolute Gasteiger partial charge is 0.454 e. The first-order chi connectivity index (χ1) is 13.8. The number of fused-ring (bicyclic) bond motifs is 2. The van der Waals surface area contributed by atoms with Gasteiger partial charge in [0.25, 0.3) is 0 Å². The summed E-state index contributed by atoms with van der Waals surface area (Å²) >= 11 is 0. The summed E-state index contributed by atoms with van der Waals surface area (Å²) in [5.74, 6) is 2.26. The Hall–Kier alpha value is -3.66. The molecule has 0 fully saturated rings. The van der Waals surface area contributed by atoms with Crippen LogP contribution in [0.15, 0.2) is 40.9 Å². The standard InChI is InChI=1S/C21H18N6O/c22-12-15(21-26-24-19-8-2-1-5-9-27(19)21)10-16-13-23-25-20(16)18-11-14-6-3-4-7-17(14)28-18/h3-4,6-7,10-11,13H,1-2,5,8-9H2,(H,23,25)/b15-10-. The SMILES string of the molecule is N#C/C(=C/c1cn[nH]c1-c1cc2ccccc2o1)c1nnc2n1CCCCC2. The summed E-state index contributed by atoms with van der Waals surface area (Å²) in [5, 5.41) is 26.6. The Morgan fingerprint density at radius 2 is 2.14 bits per heavy atom. The molecule has 0 saturated carbocycles. The maximum absolute atomic E-state index is 9.79. The predicted octanol–water partition coefficient (Wildman–Crippen LogP) is 4.20. The van der Waals surface area contributed by atoms with Gasteiger partial charge in [-0.25, -0.2) is 0 Å². The van der Waals surface area contributed by atoms with Gasteiger partial charge in [0.05, 0.1) is 11.8 Å². The lowest BCUT2D eigenvalue weighted by atomic mass is 10.1. The molecule has 4 heterocycles. The summed E-state index contributed by atoms with van der Waals surface area (Å²) in [6.45, 7) is 0.846. The van der Waals surface area contributed by atoms with Crippen molar-refractivity contribution < 1.29 is 4.42 Å². The highest BCUT2D eigenvalue weighted by Crippen LogP contribution is 2.30. The number of aromatic nitrogens is 5. The van der Waals surface area contributed by atoms with Crippen LogP contribution in [0.1, 0.15) is 36.5 Å².